The Morgan fingerprint density at radius 1 is 0.905 bits per heavy atom. The summed E-state index contributed by atoms with van der Waals surface area (Å²) in [6.45, 7) is -0.0340. The molecule has 0 heterocycles. The van der Waals surface area contributed by atoms with Gasteiger partial charge < -0.3 is 4.74 Å². The van der Waals surface area contributed by atoms with Crippen LogP contribution in [0, 0.1) is 0 Å². The van der Waals surface area contributed by atoms with Gasteiger partial charge in [0.25, 0.3) is 5.78 Å². The van der Waals surface area contributed by atoms with Gasteiger partial charge in [-0.05, 0) is 6.92 Å². The molecule has 0 unspecified atom stereocenters. The monoisotopic (exact) mass is 332 g/mol. The first kappa shape index (κ1) is 19.2. The van der Waals surface area contributed by atoms with Crippen LogP contribution in [0.2, 0.25) is 0 Å². The van der Waals surface area contributed by atoms with E-state index in [2.05, 4.69) is 4.74 Å². The minimum absolute atomic E-state index is 0.871. The van der Waals surface area contributed by atoms with Crippen LogP contribution in [0.3, 0.4) is 0 Å². The molecule has 21 heavy (non-hydrogen) atoms. The van der Waals surface area contributed by atoms with Gasteiger partial charge in [0.1, 0.15) is 0 Å². The molecule has 0 aromatic carbocycles. The molecule has 0 N–H and O–H groups in total. The third-order valence-electron chi connectivity index (χ3n) is 1.97. The Morgan fingerprint density at radius 2 is 1.33 bits per heavy atom. The standard InChI is InChI=1S/C9H5F9O3/c1-2-21-6(20)8(15,16)9(17,18)7(13,14)4(19)3(10)5(11)12/h2H2,1H3. The number of halogens is 9. The summed E-state index contributed by atoms with van der Waals surface area (Å²) in [5.74, 6) is -30.3. The largest absolute Gasteiger partial charge is 0.461 e. The zero-order chi connectivity index (χ0) is 17.2. The van der Waals surface area contributed by atoms with Crippen LogP contribution >= 0.6 is 0 Å². The number of allylic oxidation sites excluding steroid dienone is 1. The SMILES string of the molecule is CCOC(=O)C(F)(F)C(F)(F)C(F)(F)C(=O)C(F)=C(F)F. The van der Waals surface area contributed by atoms with E-state index in [0.29, 0.717) is 0 Å². The Labute approximate surface area is 110 Å². The summed E-state index contributed by atoms with van der Waals surface area (Å²) in [4.78, 5) is 21.0. The number of hydrogen-bond acceptors (Lipinski definition) is 3. The van der Waals surface area contributed by atoms with Crippen molar-refractivity contribution in [2.75, 3.05) is 6.61 Å². The van der Waals surface area contributed by atoms with Gasteiger partial charge in [0.15, 0.2) is 0 Å². The maximum Gasteiger partial charge on any atom is 0.411 e. The molecule has 0 aliphatic carbocycles. The fraction of sp³-hybridized carbons (Fsp3) is 0.556. The van der Waals surface area contributed by atoms with Crippen molar-refractivity contribution in [1.29, 1.82) is 0 Å². The molecule has 0 spiro atoms. The summed E-state index contributed by atoms with van der Waals surface area (Å²) in [7, 11) is 0. The van der Waals surface area contributed by atoms with E-state index in [1.165, 1.54) is 0 Å². The number of carbonyl (C=O) groups excluding carboxylic acids is 2. The first-order valence-corrected chi connectivity index (χ1v) is 4.81. The number of hydrogen-bond donors (Lipinski definition) is 0. The summed E-state index contributed by atoms with van der Waals surface area (Å²) in [6.07, 6.45) is -3.71. The lowest BCUT2D eigenvalue weighted by molar-refractivity contribution is -0.293. The lowest BCUT2D eigenvalue weighted by Crippen LogP contribution is -2.61. The number of alkyl halides is 6. The normalized spacial score (nSPS) is 12.9. The zero-order valence-electron chi connectivity index (χ0n) is 9.83. The molecule has 122 valence electrons. The quantitative estimate of drug-likeness (QED) is 0.426. The number of ether oxygens (including phenoxy) is 1. The second-order valence-electron chi connectivity index (χ2n) is 3.35. The van der Waals surface area contributed by atoms with Crippen LogP contribution in [0.1, 0.15) is 6.92 Å². The Balaban J connectivity index is 5.83. The van der Waals surface area contributed by atoms with Gasteiger partial charge in [-0.25, -0.2) is 4.79 Å². The van der Waals surface area contributed by atoms with Crippen LogP contribution in [-0.2, 0) is 14.3 Å². The highest BCUT2D eigenvalue weighted by Crippen LogP contribution is 2.48. The van der Waals surface area contributed by atoms with Gasteiger partial charge in [-0.15, -0.1) is 0 Å². The lowest BCUT2D eigenvalue weighted by Gasteiger charge is -2.29. The van der Waals surface area contributed by atoms with Crippen molar-refractivity contribution >= 4 is 11.8 Å². The molecule has 3 nitrogen and oxygen atoms in total. The molecule has 0 amide bonds. The van der Waals surface area contributed by atoms with E-state index >= 15 is 0 Å². The summed E-state index contributed by atoms with van der Waals surface area (Å²) < 4.78 is 116. The molecule has 12 heteroatoms. The van der Waals surface area contributed by atoms with Crippen LogP contribution < -0.4 is 0 Å². The first-order chi connectivity index (χ1) is 9.25. The van der Waals surface area contributed by atoms with Crippen molar-refractivity contribution in [2.24, 2.45) is 0 Å². The number of Topliss-reactive ketones (excluding diaryl/α,β-unsaturated/α-hetero) is 1. The van der Waals surface area contributed by atoms with Gasteiger partial charge >= 0.3 is 29.8 Å². The molecule has 0 aliphatic rings. The first-order valence-electron chi connectivity index (χ1n) is 4.81. The molecular weight excluding hydrogens is 327 g/mol. The predicted octanol–water partition coefficient (Wildman–Crippen LogP) is 3.10. The predicted molar refractivity (Wildman–Crippen MR) is 46.8 cm³/mol. The molecule has 0 saturated heterocycles. The molecule has 0 radical (unpaired) electrons. The molecule has 0 fully saturated rings. The van der Waals surface area contributed by atoms with E-state index in [9.17, 15) is 49.1 Å². The Morgan fingerprint density at radius 3 is 1.67 bits per heavy atom. The number of rotatable bonds is 6. The van der Waals surface area contributed by atoms with E-state index < -0.39 is 48.0 Å². The molecule has 0 aromatic rings. The second kappa shape index (κ2) is 5.93. The fourth-order valence-electron chi connectivity index (χ4n) is 0.913. The van der Waals surface area contributed by atoms with Gasteiger partial charge in [-0.1, -0.05) is 0 Å². The zero-order valence-corrected chi connectivity index (χ0v) is 9.83. The maximum atomic E-state index is 13.0. The van der Waals surface area contributed by atoms with Crippen LogP contribution in [0.25, 0.3) is 0 Å². The second-order valence-corrected chi connectivity index (χ2v) is 3.35. The van der Waals surface area contributed by atoms with E-state index in [4.69, 9.17) is 0 Å². The molecule has 0 bridgehead atoms. The minimum atomic E-state index is -6.80. The summed E-state index contributed by atoms with van der Waals surface area (Å²) >= 11 is 0. The summed E-state index contributed by atoms with van der Waals surface area (Å²) in [6, 6.07) is 0. The van der Waals surface area contributed by atoms with Crippen LogP contribution in [0.4, 0.5) is 39.5 Å². The topological polar surface area (TPSA) is 43.4 Å². The average Bonchev–Trinajstić information content (AvgIpc) is 2.36. The Hall–Kier alpha value is -1.75. The van der Waals surface area contributed by atoms with Crippen molar-refractivity contribution in [3.8, 4) is 0 Å². The summed E-state index contributed by atoms with van der Waals surface area (Å²) in [5, 5.41) is 0. The highest BCUT2D eigenvalue weighted by atomic mass is 19.3. The lowest BCUT2D eigenvalue weighted by atomic mass is 10.00. The Bertz CT molecular complexity index is 465. The van der Waals surface area contributed by atoms with Gasteiger partial charge in [0.05, 0.1) is 6.61 Å². The molecule has 0 aliphatic heterocycles. The minimum Gasteiger partial charge on any atom is -0.461 e. The molecule has 0 saturated carbocycles. The van der Waals surface area contributed by atoms with Crippen molar-refractivity contribution in [2.45, 2.75) is 24.7 Å². The Kier molecular flexibility index (Phi) is 5.44. The smallest absolute Gasteiger partial charge is 0.411 e. The maximum absolute atomic E-state index is 13.0. The van der Waals surface area contributed by atoms with Gasteiger partial charge in [-0.2, -0.15) is 39.5 Å². The van der Waals surface area contributed by atoms with Crippen molar-refractivity contribution in [3.05, 3.63) is 11.9 Å². The van der Waals surface area contributed by atoms with E-state index in [1.807, 2.05) is 0 Å². The number of ketones is 1. The number of esters is 1. The van der Waals surface area contributed by atoms with Gasteiger partial charge in [0, 0.05) is 0 Å². The van der Waals surface area contributed by atoms with Crippen molar-refractivity contribution < 1.29 is 53.8 Å². The van der Waals surface area contributed by atoms with E-state index in [-0.39, 0.29) is 0 Å². The molecule has 0 rings (SSSR count). The molecule has 0 aromatic heterocycles. The average molecular weight is 332 g/mol. The highest BCUT2D eigenvalue weighted by Gasteiger charge is 2.79. The number of carbonyl (C=O) groups is 2. The third-order valence-corrected chi connectivity index (χ3v) is 1.97. The van der Waals surface area contributed by atoms with Crippen LogP contribution in [0.5, 0.6) is 0 Å². The molecule has 0 atom stereocenters. The van der Waals surface area contributed by atoms with Gasteiger partial charge in [0.2, 0.25) is 5.83 Å². The van der Waals surface area contributed by atoms with Gasteiger partial charge in [-0.3, -0.25) is 4.79 Å². The van der Waals surface area contributed by atoms with E-state index in [1.54, 1.807) is 0 Å². The highest BCUT2D eigenvalue weighted by molar-refractivity contribution is 6.00. The summed E-state index contributed by atoms with van der Waals surface area (Å²) in [5.41, 5.74) is 0. The molecular formula is C9H5F9O3. The van der Waals surface area contributed by atoms with Crippen molar-refractivity contribution in [3.63, 3.8) is 0 Å². The third kappa shape index (κ3) is 3.13. The fourth-order valence-corrected chi connectivity index (χ4v) is 0.913. The van der Waals surface area contributed by atoms with Crippen molar-refractivity contribution in [1.82, 2.24) is 0 Å². The van der Waals surface area contributed by atoms with Crippen LogP contribution in [-0.4, -0.2) is 36.1 Å². The van der Waals surface area contributed by atoms with E-state index in [0.717, 1.165) is 6.92 Å². The van der Waals surface area contributed by atoms with Crippen LogP contribution in [0.15, 0.2) is 11.9 Å².